The van der Waals surface area contributed by atoms with Crippen molar-refractivity contribution in [1.29, 1.82) is 10.5 Å². The van der Waals surface area contributed by atoms with Crippen LogP contribution in [0.3, 0.4) is 0 Å². The monoisotopic (exact) mass is 2080 g/mol. The van der Waals surface area contributed by atoms with E-state index in [9.17, 15) is 38.4 Å². The molecule has 146 heavy (non-hydrogen) atoms. The van der Waals surface area contributed by atoms with Crippen LogP contribution in [0.5, 0.6) is 5.75 Å². The van der Waals surface area contributed by atoms with Crippen molar-refractivity contribution in [2.45, 2.75) is 138 Å². The van der Waals surface area contributed by atoms with Gasteiger partial charge in [-0.15, -0.1) is 11.3 Å². The van der Waals surface area contributed by atoms with Gasteiger partial charge >= 0.3 is 0 Å². The van der Waals surface area contributed by atoms with E-state index >= 15 is 0 Å². The molecule has 11 aromatic rings. The molecule has 3 saturated carbocycles. The first-order valence-corrected chi connectivity index (χ1v) is 49.8. The van der Waals surface area contributed by atoms with E-state index in [2.05, 4.69) is 78.3 Å². The summed E-state index contributed by atoms with van der Waals surface area (Å²) in [6, 6.07) is 72.1. The molecule has 0 saturated heterocycles. The topological polar surface area (TPSA) is 497 Å². The summed E-state index contributed by atoms with van der Waals surface area (Å²) in [5.41, 5.74) is 42.5. The first kappa shape index (κ1) is 105. The molecular formula is C109H113BrCl2N24O9S. The Morgan fingerprint density at radius 3 is 1.66 bits per heavy atom. The van der Waals surface area contributed by atoms with Gasteiger partial charge < -0.3 is 49.4 Å². The number of aromatic amines is 1. The zero-order chi connectivity index (χ0) is 105. The lowest BCUT2D eigenvalue weighted by Crippen LogP contribution is -2.52. The summed E-state index contributed by atoms with van der Waals surface area (Å²) in [4.78, 5) is 148. The van der Waals surface area contributed by atoms with Crippen molar-refractivity contribution < 1.29 is 38.3 Å². The Balaban J connectivity index is 0.000000132. The molecule has 750 valence electrons. The second-order valence-corrected chi connectivity index (χ2v) is 40.8. The molecule has 9 aliphatic rings. The summed E-state index contributed by atoms with van der Waals surface area (Å²) < 4.78 is 6.06. The Kier molecular flexibility index (Phi) is 31.0. The second-order valence-electron chi connectivity index (χ2n) is 38.1. The number of aliphatic imine (C=N–C) groups is 6. The molecule has 4 aromatic heterocycles. The van der Waals surface area contributed by atoms with Gasteiger partial charge in [-0.2, -0.15) is 10.5 Å². The van der Waals surface area contributed by atoms with Crippen molar-refractivity contribution in [3.63, 3.8) is 0 Å². The van der Waals surface area contributed by atoms with Crippen LogP contribution < -0.4 is 50.0 Å². The molecule has 9 atom stereocenters. The number of nitrogens with two attached hydrogens (primary N) is 6. The van der Waals surface area contributed by atoms with Gasteiger partial charge in [0.1, 0.15) is 33.0 Å². The Bertz CT molecular complexity index is 7280. The van der Waals surface area contributed by atoms with Crippen LogP contribution in [0, 0.1) is 46.3 Å². The van der Waals surface area contributed by atoms with Crippen molar-refractivity contribution >= 4 is 128 Å². The van der Waals surface area contributed by atoms with Gasteiger partial charge in [-0.3, -0.25) is 72.7 Å². The number of nitrogens with one attached hydrogen (secondary N) is 2. The van der Waals surface area contributed by atoms with Gasteiger partial charge in [0.25, 0.3) is 23.6 Å². The van der Waals surface area contributed by atoms with Crippen molar-refractivity contribution in [3.8, 4) is 61.7 Å². The summed E-state index contributed by atoms with van der Waals surface area (Å²) in [5, 5.41) is 22.5. The quantitative estimate of drug-likeness (QED) is 0.0392. The molecule has 20 rings (SSSR count). The highest BCUT2D eigenvalue weighted by atomic mass is 79.9. The summed E-state index contributed by atoms with van der Waals surface area (Å²) in [6.07, 6.45) is 13.7. The number of carbonyl (C=O) groups is 7. The number of methoxy groups -OCH3 is 1. The predicted octanol–water partition coefficient (Wildman–Crippen LogP) is 14.6. The van der Waals surface area contributed by atoms with Crippen LogP contribution in [0.2, 0.25) is 10.0 Å². The number of guanidine groups is 6. The number of nitriles is 2. The third kappa shape index (κ3) is 21.9. The number of rotatable bonds is 17. The van der Waals surface area contributed by atoms with E-state index < -0.39 is 33.2 Å². The third-order valence-corrected chi connectivity index (χ3v) is 30.4. The molecule has 7 aromatic carbocycles. The van der Waals surface area contributed by atoms with E-state index in [4.69, 9.17) is 72.9 Å². The Morgan fingerprint density at radius 1 is 0.507 bits per heavy atom. The molecular weight excluding hydrogens is 1970 g/mol. The number of aromatic nitrogens is 3. The molecule has 37 heteroatoms. The minimum absolute atomic E-state index is 0.0203. The summed E-state index contributed by atoms with van der Waals surface area (Å²) in [5.74, 6) is 2.05. The van der Waals surface area contributed by atoms with Crippen molar-refractivity contribution in [1.82, 2.24) is 49.7 Å². The number of likely N-dealkylation sites (N-methyl/N-ethyl adjacent to an activating group) is 3. The lowest BCUT2D eigenvalue weighted by atomic mass is 9.75. The number of hydrogen-bond acceptors (Lipinski definition) is 26. The Hall–Kier alpha value is -15.6. The number of halogens is 3. The number of nitrogens with zero attached hydrogens (tertiary/aromatic N) is 16. The molecule has 0 radical (unpaired) electrons. The second kappa shape index (κ2) is 43.2. The summed E-state index contributed by atoms with van der Waals surface area (Å²) >= 11 is 17.2. The van der Waals surface area contributed by atoms with Gasteiger partial charge in [-0.1, -0.05) is 158 Å². The van der Waals surface area contributed by atoms with Crippen LogP contribution in [-0.2, 0) is 56.5 Å². The molecule has 0 bridgehead atoms. The van der Waals surface area contributed by atoms with E-state index in [0.717, 1.165) is 133 Å². The zero-order valence-electron chi connectivity index (χ0n) is 82.5. The number of H-pyrrole nitrogens is 1. The van der Waals surface area contributed by atoms with Crippen LogP contribution >= 0.6 is 50.5 Å². The fraction of sp³-hybridized carbons (Fsp3) is 0.303. The summed E-state index contributed by atoms with van der Waals surface area (Å²) in [6.45, 7) is 7.61. The Labute approximate surface area is 868 Å². The molecule has 0 spiro atoms. The number of pyridine rings is 3. The molecule has 33 nitrogen and oxygen atoms in total. The molecule has 14 N–H and O–H groups in total. The number of carbonyl (C=O) groups excluding carboxylic acids is 7. The van der Waals surface area contributed by atoms with Gasteiger partial charge in [0, 0.05) is 98.3 Å². The average molecular weight is 2090 g/mol. The van der Waals surface area contributed by atoms with Gasteiger partial charge in [-0.05, 0) is 252 Å². The maximum Gasteiger partial charge on any atom is 0.266 e. The maximum atomic E-state index is 13.3. The highest BCUT2D eigenvalue weighted by molar-refractivity contribution is 9.10. The molecule has 7 amide bonds. The van der Waals surface area contributed by atoms with E-state index in [-0.39, 0.29) is 101 Å². The van der Waals surface area contributed by atoms with E-state index in [1.54, 1.807) is 85.1 Å². The van der Waals surface area contributed by atoms with Crippen molar-refractivity contribution in [3.05, 3.63) is 311 Å². The van der Waals surface area contributed by atoms with E-state index in [0.29, 0.717) is 63.1 Å². The molecule has 10 heterocycles. The van der Waals surface area contributed by atoms with Gasteiger partial charge in [-0.25, -0.2) is 34.9 Å². The summed E-state index contributed by atoms with van der Waals surface area (Å²) in [7, 11) is 11.5. The highest BCUT2D eigenvalue weighted by Gasteiger charge is 2.59. The maximum absolute atomic E-state index is 13.3. The third-order valence-electron chi connectivity index (χ3n) is 28.1. The molecule has 3 aliphatic carbocycles. The minimum atomic E-state index is -1.22. The number of amides is 7. The predicted molar refractivity (Wildman–Crippen MR) is 570 cm³/mol. The normalized spacial score (nSPS) is 23.5. The number of ether oxygens (including phenoxy) is 1. The van der Waals surface area contributed by atoms with Gasteiger partial charge in [0.15, 0.2) is 46.8 Å². The largest absolute Gasteiger partial charge is 0.497 e. The average Bonchev–Trinajstić information content (AvgIpc) is 1.55. The van der Waals surface area contributed by atoms with Gasteiger partial charge in [0.2, 0.25) is 23.3 Å². The van der Waals surface area contributed by atoms with Crippen LogP contribution in [0.15, 0.2) is 276 Å². The van der Waals surface area contributed by atoms with Crippen LogP contribution in [-0.4, -0.2) is 182 Å². The van der Waals surface area contributed by atoms with E-state index in [1.807, 2.05) is 216 Å². The first-order valence-electron chi connectivity index (χ1n) is 47.4. The minimum Gasteiger partial charge on any atom is -0.497 e. The smallest absolute Gasteiger partial charge is 0.266 e. The fourth-order valence-corrected chi connectivity index (χ4v) is 21.0. The van der Waals surface area contributed by atoms with E-state index in [1.165, 1.54) is 53.9 Å². The SMILES string of the molecule is CN1C(=O)C(c2cccc(-c3cncc(C#N)c3)c2)(C2CC2)N=C1N.CN1C(=O)C[C@@](C)(c2ccc(-c3cccc(Cl)c3)s2)N=C1N.CN1C(=O)C[C@@](C)(c2cccc(Br)n2)N=C1N.CN1C(=O)[C@](C[C@H]2CCC[C@@H](NC(=O)c3ccc(=O)[nH]c3)C2)(C2CC2)N=C1N.COc1cc(Cl)cc(-c2cccc(C3(c4ccccc4)N=C(N)N(C)C3=O)c2)c1.C[C@H]1C(=O)N(C)C(N)=N[C@]1(C)c1cccc(-c2cccc(C#N)c2)c1. The lowest BCUT2D eigenvalue weighted by Gasteiger charge is -2.39. The van der Waals surface area contributed by atoms with Gasteiger partial charge in [0.05, 0.1) is 59.9 Å². The van der Waals surface area contributed by atoms with Crippen LogP contribution in [0.25, 0.3) is 43.8 Å². The lowest BCUT2D eigenvalue weighted by molar-refractivity contribution is -0.133. The first-order chi connectivity index (χ1) is 69.6. The standard InChI is InChI=1S/C23H20ClN3O2.C20H27N5O3.C20H20N4O.C19H17N5O.C16H16ClN3OS.C11H13BrN4O/c1-27-21(28)23(26-22(27)25,17-8-4-3-5-9-17)18-10-6-7-15(11-18)16-12-19(24)14-20(13-16)29-2;1-25-18(28)20(14-6-7-14,24-19(25)21)10-12-3-2-4-15(9-12)23-17(27)13-5-8-16(26)22-11-13;1-13-18(25)24(3)19(22)23-20(13,2)17-9-5-8-16(11-17)15-7-4-6-14(10-15)12-21;1-24-17(25)19(15-5-6-15,23-18(24)21)16-4-2-3-13(8-16)14-7-12(9-20)10-22-11-14;1-16(9-14(21)20(2)15(18)19-16)13-7-6-12(22-13)10-4-3-5-11(17)8-10;1-11(7-4-3-5-8(12)14-7)6-9(17)16(2)10(13)15-11/h3-14H,1-2H3,(H2,25,26);5,8,11-12,14-15H,2-4,6-7,9-10H2,1H3,(H2,21,24)(H,22,26)(H,23,27);4-11,13H,1-3H3,(H2,22,23);2-4,7-8,10-11,15H,5-6H2,1H3,(H2,21,23);3-8H,9H2,1-2H3,(H2,18,19);3-5H,6H2,1-2H3,(H2,13,15)/t;12-,15+,20-;13-,20-;;16-;11-/m.00.00/s1. The van der Waals surface area contributed by atoms with Crippen LogP contribution in [0.4, 0.5) is 0 Å². The highest BCUT2D eigenvalue weighted by Crippen LogP contribution is 2.54. The van der Waals surface area contributed by atoms with Crippen molar-refractivity contribution in [2.24, 2.45) is 88.0 Å². The zero-order valence-corrected chi connectivity index (χ0v) is 86.4. The molecule has 6 aliphatic heterocycles. The number of hydrogen-bond donors (Lipinski definition) is 8. The van der Waals surface area contributed by atoms with Crippen LogP contribution in [0.1, 0.15) is 153 Å². The number of benzene rings is 7. The molecule has 2 unspecified atom stereocenters. The fourth-order valence-electron chi connectivity index (χ4n) is 19.2. The van der Waals surface area contributed by atoms with Crippen molar-refractivity contribution in [2.75, 3.05) is 49.4 Å². The number of thiophene rings is 1. The molecule has 3 fully saturated rings. The Morgan fingerprint density at radius 2 is 1.05 bits per heavy atom.